The molecule has 1 aliphatic rings. The first-order valence-corrected chi connectivity index (χ1v) is 8.61. The van der Waals surface area contributed by atoms with Crippen molar-refractivity contribution in [1.29, 1.82) is 0 Å². The second kappa shape index (κ2) is 8.29. The van der Waals surface area contributed by atoms with Crippen molar-refractivity contribution < 1.29 is 23.8 Å². The van der Waals surface area contributed by atoms with Gasteiger partial charge in [0.15, 0.2) is 0 Å². The molecule has 2 aromatic carbocycles. The molecule has 26 heavy (non-hydrogen) atoms. The fourth-order valence-electron chi connectivity index (χ4n) is 2.86. The Morgan fingerprint density at radius 3 is 2.65 bits per heavy atom. The van der Waals surface area contributed by atoms with Gasteiger partial charge in [0.1, 0.15) is 18.5 Å². The number of rotatable bonds is 5. The number of hydrogen-bond acceptors (Lipinski definition) is 5. The van der Waals surface area contributed by atoms with Gasteiger partial charge in [-0.15, -0.1) is 0 Å². The first kappa shape index (κ1) is 18.4. The van der Waals surface area contributed by atoms with Crippen LogP contribution in [-0.4, -0.2) is 43.5 Å². The van der Waals surface area contributed by atoms with E-state index in [0.717, 1.165) is 16.7 Å². The van der Waals surface area contributed by atoms with E-state index in [1.54, 1.807) is 6.07 Å². The molecule has 3 rings (SSSR count). The molecule has 0 saturated carbocycles. The summed E-state index contributed by atoms with van der Waals surface area (Å²) in [5.74, 6) is -0.938. The number of carbonyl (C=O) groups excluding carboxylic acids is 1. The highest BCUT2D eigenvalue weighted by Crippen LogP contribution is 2.27. The van der Waals surface area contributed by atoms with Crippen LogP contribution in [0, 0.1) is 5.82 Å². The lowest BCUT2D eigenvalue weighted by Crippen LogP contribution is -2.36. The lowest BCUT2D eigenvalue weighted by Gasteiger charge is -2.29. The number of ether oxygens (including phenoxy) is 2. The summed E-state index contributed by atoms with van der Waals surface area (Å²) in [5.41, 5.74) is 2.94. The van der Waals surface area contributed by atoms with Gasteiger partial charge in [-0.25, -0.2) is 9.18 Å². The number of hydrogen-bond donors (Lipinski definition) is 1. The van der Waals surface area contributed by atoms with Crippen LogP contribution in [0.5, 0.6) is 0 Å². The molecule has 1 N–H and O–H groups in total. The van der Waals surface area contributed by atoms with Crippen LogP contribution in [0.25, 0.3) is 11.1 Å². The summed E-state index contributed by atoms with van der Waals surface area (Å²) in [6, 6.07) is 12.6. The molecule has 1 atom stereocenters. The fourth-order valence-corrected chi connectivity index (χ4v) is 2.86. The van der Waals surface area contributed by atoms with Crippen molar-refractivity contribution in [2.24, 2.45) is 0 Å². The Balaban J connectivity index is 1.75. The van der Waals surface area contributed by atoms with Gasteiger partial charge in [0.05, 0.1) is 18.9 Å². The Labute approximate surface area is 152 Å². The topological polar surface area (TPSA) is 59.0 Å². The minimum atomic E-state index is -1.15. The van der Waals surface area contributed by atoms with Crippen molar-refractivity contribution in [3.63, 3.8) is 0 Å². The van der Waals surface area contributed by atoms with Crippen LogP contribution in [0.2, 0.25) is 0 Å². The third-order valence-electron chi connectivity index (χ3n) is 4.28. The van der Waals surface area contributed by atoms with Crippen LogP contribution >= 0.6 is 0 Å². The van der Waals surface area contributed by atoms with Crippen LogP contribution < -0.4 is 4.90 Å². The highest BCUT2D eigenvalue weighted by Gasteiger charge is 2.16. The largest absolute Gasteiger partial charge is 0.459 e. The first-order chi connectivity index (χ1) is 12.5. The summed E-state index contributed by atoms with van der Waals surface area (Å²) in [6.07, 6.45) is -1.15. The van der Waals surface area contributed by atoms with Crippen LogP contribution in [0.1, 0.15) is 12.5 Å². The monoisotopic (exact) mass is 359 g/mol. The van der Waals surface area contributed by atoms with Gasteiger partial charge in [0.2, 0.25) is 0 Å². The maximum Gasteiger partial charge on any atom is 0.334 e. The van der Waals surface area contributed by atoms with E-state index in [0.29, 0.717) is 32.0 Å². The molecule has 0 radical (unpaired) electrons. The lowest BCUT2D eigenvalue weighted by molar-refractivity contribution is -0.153. The summed E-state index contributed by atoms with van der Waals surface area (Å²) in [5, 5.41) is 9.17. The van der Waals surface area contributed by atoms with E-state index in [2.05, 4.69) is 0 Å². The number of esters is 1. The number of aliphatic hydroxyl groups excluding tert-OH is 1. The quantitative estimate of drug-likeness (QED) is 0.832. The second-order valence-corrected chi connectivity index (χ2v) is 6.25. The molecule has 2 aromatic rings. The number of nitrogens with zero attached hydrogens (tertiary/aromatic N) is 1. The highest BCUT2D eigenvalue weighted by atomic mass is 19.1. The fraction of sp³-hybridized carbons (Fsp3) is 0.350. The van der Waals surface area contributed by atoms with E-state index in [1.165, 1.54) is 13.0 Å². The van der Waals surface area contributed by atoms with Gasteiger partial charge in [-0.3, -0.25) is 0 Å². The number of anilines is 1. The zero-order valence-corrected chi connectivity index (χ0v) is 14.7. The summed E-state index contributed by atoms with van der Waals surface area (Å²) in [4.78, 5) is 13.3. The molecule has 0 amide bonds. The van der Waals surface area contributed by atoms with E-state index in [4.69, 9.17) is 14.6 Å². The Bertz CT molecular complexity index is 772. The van der Waals surface area contributed by atoms with Gasteiger partial charge < -0.3 is 19.5 Å². The maximum absolute atomic E-state index is 14.6. The van der Waals surface area contributed by atoms with E-state index < -0.39 is 12.1 Å². The third kappa shape index (κ3) is 4.39. The number of aliphatic hydroxyl groups is 1. The molecule has 0 spiro atoms. The van der Waals surface area contributed by atoms with Crippen LogP contribution in [0.15, 0.2) is 42.5 Å². The van der Waals surface area contributed by atoms with Crippen molar-refractivity contribution >= 4 is 11.7 Å². The van der Waals surface area contributed by atoms with Gasteiger partial charge in [-0.2, -0.15) is 0 Å². The van der Waals surface area contributed by atoms with Crippen molar-refractivity contribution in [2.75, 3.05) is 31.2 Å². The zero-order valence-electron chi connectivity index (χ0n) is 14.7. The molecule has 1 heterocycles. The van der Waals surface area contributed by atoms with E-state index in [1.807, 2.05) is 35.2 Å². The smallest absolute Gasteiger partial charge is 0.334 e. The summed E-state index contributed by atoms with van der Waals surface area (Å²) >= 11 is 0. The molecular weight excluding hydrogens is 337 g/mol. The van der Waals surface area contributed by atoms with Crippen molar-refractivity contribution in [2.45, 2.75) is 19.6 Å². The van der Waals surface area contributed by atoms with Crippen LogP contribution in [0.4, 0.5) is 10.1 Å². The van der Waals surface area contributed by atoms with E-state index >= 15 is 0 Å². The van der Waals surface area contributed by atoms with Crippen molar-refractivity contribution in [3.05, 3.63) is 53.8 Å². The molecule has 1 saturated heterocycles. The summed E-state index contributed by atoms with van der Waals surface area (Å²) < 4.78 is 24.9. The number of benzene rings is 2. The van der Waals surface area contributed by atoms with E-state index in [-0.39, 0.29) is 12.4 Å². The molecule has 0 aromatic heterocycles. The number of carbonyl (C=O) groups is 1. The lowest BCUT2D eigenvalue weighted by atomic mass is 10.0. The van der Waals surface area contributed by atoms with Gasteiger partial charge in [-0.05, 0) is 41.8 Å². The van der Waals surface area contributed by atoms with Gasteiger partial charge >= 0.3 is 5.97 Å². The Hall–Kier alpha value is -2.44. The summed E-state index contributed by atoms with van der Waals surface area (Å²) in [6.45, 7) is 3.99. The Morgan fingerprint density at radius 2 is 1.96 bits per heavy atom. The molecule has 6 heteroatoms. The van der Waals surface area contributed by atoms with Gasteiger partial charge in [0, 0.05) is 13.1 Å². The molecule has 0 aliphatic carbocycles. The van der Waals surface area contributed by atoms with Crippen LogP contribution in [-0.2, 0) is 20.9 Å². The first-order valence-electron chi connectivity index (χ1n) is 8.61. The van der Waals surface area contributed by atoms with E-state index in [9.17, 15) is 9.18 Å². The molecule has 1 unspecified atom stereocenters. The predicted octanol–water partition coefficient (Wildman–Crippen LogP) is 2.75. The molecule has 1 fully saturated rings. The zero-order chi connectivity index (χ0) is 18.5. The van der Waals surface area contributed by atoms with Gasteiger partial charge in [-0.1, -0.05) is 24.3 Å². The molecule has 0 bridgehead atoms. The number of morpholine rings is 1. The maximum atomic E-state index is 14.6. The standard InChI is InChI=1S/C20H22FNO4/c1-14(23)20(24)26-13-15-3-2-4-16(11-15)17-5-6-19(18(21)12-17)22-7-9-25-10-8-22/h2-6,11-12,14,23H,7-10,13H2,1H3. The summed E-state index contributed by atoms with van der Waals surface area (Å²) in [7, 11) is 0. The highest BCUT2D eigenvalue weighted by molar-refractivity contribution is 5.74. The minimum Gasteiger partial charge on any atom is -0.459 e. The molecular formula is C20H22FNO4. The Morgan fingerprint density at radius 1 is 1.23 bits per heavy atom. The molecule has 138 valence electrons. The van der Waals surface area contributed by atoms with Crippen molar-refractivity contribution in [3.8, 4) is 11.1 Å². The Kier molecular flexibility index (Phi) is 5.85. The van der Waals surface area contributed by atoms with Gasteiger partial charge in [0.25, 0.3) is 0 Å². The van der Waals surface area contributed by atoms with Crippen molar-refractivity contribution in [1.82, 2.24) is 0 Å². The minimum absolute atomic E-state index is 0.0614. The molecule has 5 nitrogen and oxygen atoms in total. The third-order valence-corrected chi connectivity index (χ3v) is 4.28. The number of halogens is 1. The van der Waals surface area contributed by atoms with Crippen LogP contribution in [0.3, 0.4) is 0 Å². The predicted molar refractivity (Wildman–Crippen MR) is 96.3 cm³/mol. The SMILES string of the molecule is CC(O)C(=O)OCc1cccc(-c2ccc(N3CCOCC3)c(F)c2)c1. The molecule has 1 aliphatic heterocycles. The second-order valence-electron chi connectivity index (χ2n) is 6.25. The average molecular weight is 359 g/mol. The average Bonchev–Trinajstić information content (AvgIpc) is 2.67. The normalized spacial score (nSPS) is 15.6.